The molecule has 1 heterocycles. The van der Waals surface area contributed by atoms with Crippen molar-refractivity contribution in [3.63, 3.8) is 0 Å². The lowest BCUT2D eigenvalue weighted by molar-refractivity contribution is 0.0897. The van der Waals surface area contributed by atoms with Crippen LogP contribution in [0.15, 0.2) is 28.7 Å². The van der Waals surface area contributed by atoms with Crippen molar-refractivity contribution in [1.29, 1.82) is 0 Å². The molecule has 2 N–H and O–H groups in total. The highest BCUT2D eigenvalue weighted by molar-refractivity contribution is 9.10. The maximum absolute atomic E-state index is 9.69. The quantitative estimate of drug-likeness (QED) is 0.876. The molecule has 3 nitrogen and oxygen atoms in total. The molecule has 1 aromatic carbocycles. The van der Waals surface area contributed by atoms with Gasteiger partial charge in [0.25, 0.3) is 0 Å². The molecular weight excluding hydrogens is 258 g/mol. The summed E-state index contributed by atoms with van der Waals surface area (Å²) in [4.78, 5) is 0. The third-order valence-corrected chi connectivity index (χ3v) is 3.41. The van der Waals surface area contributed by atoms with Crippen LogP contribution in [0.2, 0.25) is 0 Å². The molecule has 2 rings (SSSR count). The number of benzene rings is 1. The number of aliphatic hydroxyl groups is 2. The molecule has 15 heavy (non-hydrogen) atoms. The Bertz CT molecular complexity index is 454. The number of rotatable bonds is 2. The normalized spacial score (nSPS) is 13.3. The first kappa shape index (κ1) is 10.7. The van der Waals surface area contributed by atoms with Crippen molar-refractivity contribution in [2.24, 2.45) is 7.05 Å². The summed E-state index contributed by atoms with van der Waals surface area (Å²) in [5.74, 6) is 0. The molecule has 1 unspecified atom stereocenters. The maximum atomic E-state index is 9.69. The number of hydrogen-bond donors (Lipinski definition) is 2. The highest BCUT2D eigenvalue weighted by Crippen LogP contribution is 2.33. The van der Waals surface area contributed by atoms with Crippen molar-refractivity contribution in [3.8, 4) is 0 Å². The molecular formula is C11H12BrNO2. The Morgan fingerprint density at radius 3 is 2.67 bits per heavy atom. The van der Waals surface area contributed by atoms with E-state index in [0.29, 0.717) is 5.69 Å². The van der Waals surface area contributed by atoms with Crippen molar-refractivity contribution in [3.05, 3.63) is 34.4 Å². The van der Waals surface area contributed by atoms with Gasteiger partial charge in [0.05, 0.1) is 12.3 Å². The minimum Gasteiger partial charge on any atom is -0.393 e. The Labute approximate surface area is 96.1 Å². The Hall–Kier alpha value is -0.840. The molecule has 0 saturated carbocycles. The molecule has 0 spiro atoms. The van der Waals surface area contributed by atoms with E-state index in [1.54, 1.807) is 0 Å². The van der Waals surface area contributed by atoms with Crippen LogP contribution >= 0.6 is 15.9 Å². The Kier molecular flexibility index (Phi) is 2.82. The van der Waals surface area contributed by atoms with Gasteiger partial charge in [-0.15, -0.1) is 0 Å². The second-order valence-corrected chi connectivity index (χ2v) is 4.27. The van der Waals surface area contributed by atoms with Gasteiger partial charge in [-0.05, 0) is 22.0 Å². The Morgan fingerprint density at radius 1 is 1.40 bits per heavy atom. The van der Waals surface area contributed by atoms with Crippen LogP contribution in [-0.4, -0.2) is 21.4 Å². The number of halogens is 1. The fourth-order valence-electron chi connectivity index (χ4n) is 1.82. The lowest BCUT2D eigenvalue weighted by atomic mass is 10.2. The van der Waals surface area contributed by atoms with Crippen molar-refractivity contribution < 1.29 is 10.2 Å². The lowest BCUT2D eigenvalue weighted by Crippen LogP contribution is -2.08. The Morgan fingerprint density at radius 2 is 2.07 bits per heavy atom. The zero-order valence-electron chi connectivity index (χ0n) is 8.31. The number of nitrogens with zero attached hydrogens (tertiary/aromatic N) is 1. The van der Waals surface area contributed by atoms with E-state index in [4.69, 9.17) is 5.11 Å². The SMILES string of the molecule is Cn1c(C(O)CO)c(Br)c2ccccc21. The number of para-hydroxylation sites is 1. The first-order chi connectivity index (χ1) is 7.16. The van der Waals surface area contributed by atoms with E-state index in [0.717, 1.165) is 15.4 Å². The standard InChI is InChI=1S/C11H12BrNO2/c1-13-8-5-3-2-4-7(8)10(12)11(13)9(15)6-14/h2-5,9,14-15H,6H2,1H3. The van der Waals surface area contributed by atoms with Crippen molar-refractivity contribution in [1.82, 2.24) is 4.57 Å². The molecule has 0 aliphatic heterocycles. The minimum atomic E-state index is -0.850. The van der Waals surface area contributed by atoms with E-state index in [1.165, 1.54) is 0 Å². The van der Waals surface area contributed by atoms with Crippen molar-refractivity contribution in [2.75, 3.05) is 6.61 Å². The second kappa shape index (κ2) is 3.96. The summed E-state index contributed by atoms with van der Waals surface area (Å²) in [6, 6.07) is 7.85. The zero-order valence-corrected chi connectivity index (χ0v) is 9.90. The van der Waals surface area contributed by atoms with E-state index in [2.05, 4.69) is 15.9 Å². The third-order valence-electron chi connectivity index (χ3n) is 2.58. The average Bonchev–Trinajstić information content (AvgIpc) is 2.52. The predicted molar refractivity (Wildman–Crippen MR) is 62.7 cm³/mol. The highest BCUT2D eigenvalue weighted by Gasteiger charge is 2.18. The second-order valence-electron chi connectivity index (χ2n) is 3.47. The van der Waals surface area contributed by atoms with Gasteiger partial charge in [0, 0.05) is 22.4 Å². The van der Waals surface area contributed by atoms with Gasteiger partial charge in [0.15, 0.2) is 0 Å². The topological polar surface area (TPSA) is 45.4 Å². The van der Waals surface area contributed by atoms with Gasteiger partial charge in [-0.3, -0.25) is 0 Å². The molecule has 4 heteroatoms. The van der Waals surface area contributed by atoms with Crippen LogP contribution in [0.3, 0.4) is 0 Å². The van der Waals surface area contributed by atoms with Crippen LogP contribution in [0.25, 0.3) is 10.9 Å². The molecule has 0 amide bonds. The fourth-order valence-corrected chi connectivity index (χ4v) is 2.69. The zero-order chi connectivity index (χ0) is 11.0. The molecule has 80 valence electrons. The molecule has 0 saturated heterocycles. The smallest absolute Gasteiger partial charge is 0.118 e. The molecule has 0 fully saturated rings. The number of hydrogen-bond acceptors (Lipinski definition) is 2. The molecule has 0 bridgehead atoms. The summed E-state index contributed by atoms with van der Waals surface area (Å²) in [6.45, 7) is -0.275. The molecule has 0 aliphatic rings. The average molecular weight is 270 g/mol. The monoisotopic (exact) mass is 269 g/mol. The first-order valence-electron chi connectivity index (χ1n) is 4.68. The molecule has 2 aromatic rings. The minimum absolute atomic E-state index is 0.275. The van der Waals surface area contributed by atoms with E-state index in [-0.39, 0.29) is 6.61 Å². The van der Waals surface area contributed by atoms with Crippen LogP contribution in [0.5, 0.6) is 0 Å². The molecule has 1 aromatic heterocycles. The number of aromatic nitrogens is 1. The van der Waals surface area contributed by atoms with E-state index < -0.39 is 6.10 Å². The van der Waals surface area contributed by atoms with Crippen LogP contribution in [0.1, 0.15) is 11.8 Å². The van der Waals surface area contributed by atoms with E-state index in [1.807, 2.05) is 35.9 Å². The third kappa shape index (κ3) is 1.58. The van der Waals surface area contributed by atoms with Gasteiger partial charge in [-0.1, -0.05) is 18.2 Å². The first-order valence-corrected chi connectivity index (χ1v) is 5.48. The summed E-state index contributed by atoms with van der Waals surface area (Å²) in [5.41, 5.74) is 1.74. The summed E-state index contributed by atoms with van der Waals surface area (Å²) in [6.07, 6.45) is -0.850. The van der Waals surface area contributed by atoms with E-state index >= 15 is 0 Å². The highest BCUT2D eigenvalue weighted by atomic mass is 79.9. The van der Waals surface area contributed by atoms with E-state index in [9.17, 15) is 5.11 Å². The summed E-state index contributed by atoms with van der Waals surface area (Å²) in [7, 11) is 1.88. The molecule has 0 aliphatic carbocycles. The van der Waals surface area contributed by atoms with Gasteiger partial charge in [-0.25, -0.2) is 0 Å². The largest absolute Gasteiger partial charge is 0.393 e. The van der Waals surface area contributed by atoms with Crippen molar-refractivity contribution >= 4 is 26.8 Å². The maximum Gasteiger partial charge on any atom is 0.118 e. The van der Waals surface area contributed by atoms with Crippen molar-refractivity contribution in [2.45, 2.75) is 6.10 Å². The summed E-state index contributed by atoms with van der Waals surface area (Å²) in [5, 5.41) is 19.7. The molecule has 1 atom stereocenters. The summed E-state index contributed by atoms with van der Waals surface area (Å²) < 4.78 is 2.74. The van der Waals surface area contributed by atoms with Crippen LogP contribution < -0.4 is 0 Å². The van der Waals surface area contributed by atoms with Crippen LogP contribution in [0.4, 0.5) is 0 Å². The lowest BCUT2D eigenvalue weighted by Gasteiger charge is -2.09. The van der Waals surface area contributed by atoms with Gasteiger partial charge < -0.3 is 14.8 Å². The van der Waals surface area contributed by atoms with Crippen LogP contribution in [-0.2, 0) is 7.05 Å². The number of aryl methyl sites for hydroxylation is 1. The summed E-state index contributed by atoms with van der Waals surface area (Å²) >= 11 is 3.45. The fraction of sp³-hybridized carbons (Fsp3) is 0.273. The number of fused-ring (bicyclic) bond motifs is 1. The van der Waals surface area contributed by atoms with Crippen LogP contribution in [0, 0.1) is 0 Å². The van der Waals surface area contributed by atoms with Gasteiger partial charge in [0.1, 0.15) is 6.10 Å². The van der Waals surface area contributed by atoms with Gasteiger partial charge in [0.2, 0.25) is 0 Å². The number of aliphatic hydroxyl groups excluding tert-OH is 2. The Balaban J connectivity index is 2.75. The predicted octanol–water partition coefficient (Wildman–Crippen LogP) is 1.97. The van der Waals surface area contributed by atoms with Gasteiger partial charge in [-0.2, -0.15) is 0 Å². The molecule has 0 radical (unpaired) electrons. The van der Waals surface area contributed by atoms with Gasteiger partial charge >= 0.3 is 0 Å².